The van der Waals surface area contributed by atoms with Crippen LogP contribution in [0.2, 0.25) is 0 Å². The molecule has 0 aliphatic carbocycles. The van der Waals surface area contributed by atoms with Gasteiger partial charge in [0.2, 0.25) is 15.0 Å². The maximum atomic E-state index is 12.4. The highest BCUT2D eigenvalue weighted by Crippen LogP contribution is 2.22. The Balaban J connectivity index is 1.92. The maximum absolute atomic E-state index is 12.4. The molecule has 0 spiro atoms. The number of ether oxygens (including phenoxy) is 1. The Labute approximate surface area is 143 Å². The van der Waals surface area contributed by atoms with Gasteiger partial charge in [0, 0.05) is 25.0 Å². The number of aromatic nitrogens is 2. The Morgan fingerprint density at radius 3 is 2.50 bits per heavy atom. The molecule has 1 fully saturated rings. The summed E-state index contributed by atoms with van der Waals surface area (Å²) in [6.07, 6.45) is 2.38. The van der Waals surface area contributed by atoms with Gasteiger partial charge >= 0.3 is 6.09 Å². The van der Waals surface area contributed by atoms with Crippen LogP contribution in [-0.4, -0.2) is 53.8 Å². The van der Waals surface area contributed by atoms with Crippen molar-refractivity contribution in [1.82, 2.24) is 14.9 Å². The van der Waals surface area contributed by atoms with Crippen molar-refractivity contribution < 1.29 is 17.9 Å². The van der Waals surface area contributed by atoms with E-state index in [-0.39, 0.29) is 22.9 Å². The highest BCUT2D eigenvalue weighted by atomic mass is 32.2. The van der Waals surface area contributed by atoms with Crippen molar-refractivity contribution in [3.63, 3.8) is 0 Å². The summed E-state index contributed by atoms with van der Waals surface area (Å²) in [5.41, 5.74) is 0.100. The van der Waals surface area contributed by atoms with Crippen molar-refractivity contribution in [1.29, 1.82) is 0 Å². The van der Waals surface area contributed by atoms with Crippen LogP contribution < -0.4 is 0 Å². The van der Waals surface area contributed by atoms with Gasteiger partial charge in [-0.3, -0.25) is 0 Å². The summed E-state index contributed by atoms with van der Waals surface area (Å²) in [4.78, 5) is 21.6. The minimum absolute atomic E-state index is 0.00204. The lowest BCUT2D eigenvalue weighted by Crippen LogP contribution is -2.42. The number of nitrogens with zero attached hydrogens (tertiary/aromatic N) is 3. The topological polar surface area (TPSA) is 89.5 Å². The van der Waals surface area contributed by atoms with E-state index in [1.807, 2.05) is 20.8 Å². The third kappa shape index (κ3) is 5.15. The monoisotopic (exact) mass is 355 g/mol. The van der Waals surface area contributed by atoms with Gasteiger partial charge < -0.3 is 9.64 Å². The Morgan fingerprint density at radius 1 is 1.33 bits per heavy atom. The van der Waals surface area contributed by atoms with Gasteiger partial charge in [0.15, 0.2) is 0 Å². The smallest absolute Gasteiger partial charge is 0.410 e. The lowest BCUT2D eigenvalue weighted by atomic mass is 9.99. The zero-order valence-electron chi connectivity index (χ0n) is 14.7. The predicted molar refractivity (Wildman–Crippen MR) is 89.4 cm³/mol. The quantitative estimate of drug-likeness (QED) is 0.772. The van der Waals surface area contributed by atoms with E-state index in [0.29, 0.717) is 31.6 Å². The van der Waals surface area contributed by atoms with E-state index in [1.165, 1.54) is 6.20 Å². The Morgan fingerprint density at radius 2 is 1.96 bits per heavy atom. The first-order valence-electron chi connectivity index (χ1n) is 8.07. The first-order chi connectivity index (χ1) is 11.1. The third-order valence-corrected chi connectivity index (χ3v) is 5.44. The van der Waals surface area contributed by atoms with Crippen molar-refractivity contribution in [3.8, 4) is 0 Å². The number of carbonyl (C=O) groups is 1. The van der Waals surface area contributed by atoms with Crippen LogP contribution in [0.1, 0.15) is 39.3 Å². The normalized spacial score (nSPS) is 16.9. The lowest BCUT2D eigenvalue weighted by Gasteiger charge is -2.33. The van der Waals surface area contributed by atoms with Gasteiger partial charge in [0.1, 0.15) is 5.60 Å². The standard InChI is InChI=1S/C16H25N3O4S/c1-12-5-8-17-14(18-12)24(21,22)11-13-6-9-19(10-7-13)15(20)23-16(2,3)4/h5,8,13H,6-7,9-11H2,1-4H3. The molecule has 2 heterocycles. The molecule has 8 heteroatoms. The van der Waals surface area contributed by atoms with Gasteiger partial charge in [-0.2, -0.15) is 0 Å². The number of likely N-dealkylation sites (tertiary alicyclic amines) is 1. The molecule has 1 amide bonds. The molecule has 1 saturated heterocycles. The zero-order chi connectivity index (χ0) is 18.0. The van der Waals surface area contributed by atoms with E-state index in [4.69, 9.17) is 4.74 Å². The fraction of sp³-hybridized carbons (Fsp3) is 0.688. The number of aryl methyl sites for hydroxylation is 1. The number of sulfone groups is 1. The maximum Gasteiger partial charge on any atom is 0.410 e. The molecule has 0 bridgehead atoms. The fourth-order valence-corrected chi connectivity index (χ4v) is 4.18. The van der Waals surface area contributed by atoms with Crippen molar-refractivity contribution in [2.24, 2.45) is 5.92 Å². The van der Waals surface area contributed by atoms with Crippen LogP contribution in [0.4, 0.5) is 4.79 Å². The number of hydrogen-bond acceptors (Lipinski definition) is 6. The summed E-state index contributed by atoms with van der Waals surface area (Å²) < 4.78 is 30.2. The molecule has 0 N–H and O–H groups in total. The molecule has 24 heavy (non-hydrogen) atoms. The van der Waals surface area contributed by atoms with Gasteiger partial charge in [-0.05, 0) is 52.5 Å². The minimum Gasteiger partial charge on any atom is -0.444 e. The molecule has 0 atom stereocenters. The van der Waals surface area contributed by atoms with Gasteiger partial charge in [0.25, 0.3) is 0 Å². The van der Waals surface area contributed by atoms with Crippen molar-refractivity contribution >= 4 is 15.9 Å². The molecule has 1 aliphatic heterocycles. The van der Waals surface area contributed by atoms with Crippen molar-refractivity contribution in [3.05, 3.63) is 18.0 Å². The Hall–Kier alpha value is -1.70. The number of hydrogen-bond donors (Lipinski definition) is 0. The average Bonchev–Trinajstić information content (AvgIpc) is 2.46. The Kier molecular flexibility index (Phi) is 5.47. The highest BCUT2D eigenvalue weighted by Gasteiger charge is 2.30. The van der Waals surface area contributed by atoms with Gasteiger partial charge in [-0.1, -0.05) is 0 Å². The van der Waals surface area contributed by atoms with E-state index in [0.717, 1.165) is 0 Å². The second-order valence-corrected chi connectivity index (χ2v) is 9.10. The van der Waals surface area contributed by atoms with E-state index in [2.05, 4.69) is 9.97 Å². The van der Waals surface area contributed by atoms with E-state index < -0.39 is 15.4 Å². The zero-order valence-corrected chi connectivity index (χ0v) is 15.5. The summed E-state index contributed by atoms with van der Waals surface area (Å²) in [6, 6.07) is 1.67. The number of carbonyl (C=O) groups excluding carboxylic acids is 1. The SMILES string of the molecule is Cc1ccnc(S(=O)(=O)CC2CCN(C(=O)OC(C)(C)C)CC2)n1. The van der Waals surface area contributed by atoms with Crippen LogP contribution in [0.3, 0.4) is 0 Å². The first kappa shape index (κ1) is 18.6. The summed E-state index contributed by atoms with van der Waals surface area (Å²) in [5, 5.41) is -0.114. The molecule has 0 aromatic carbocycles. The fourth-order valence-electron chi connectivity index (χ4n) is 2.57. The number of amides is 1. The van der Waals surface area contributed by atoms with E-state index in [9.17, 15) is 13.2 Å². The molecular formula is C16H25N3O4S. The summed E-state index contributed by atoms with van der Waals surface area (Å²) in [7, 11) is -3.51. The molecular weight excluding hydrogens is 330 g/mol. The molecule has 0 unspecified atom stereocenters. The molecule has 1 aliphatic rings. The largest absolute Gasteiger partial charge is 0.444 e. The van der Waals surface area contributed by atoms with Crippen LogP contribution in [0.25, 0.3) is 0 Å². The van der Waals surface area contributed by atoms with Crippen LogP contribution >= 0.6 is 0 Å². The van der Waals surface area contributed by atoms with Crippen LogP contribution in [0.15, 0.2) is 17.4 Å². The van der Waals surface area contributed by atoms with E-state index in [1.54, 1.807) is 17.9 Å². The van der Waals surface area contributed by atoms with E-state index >= 15 is 0 Å². The summed E-state index contributed by atoms with van der Waals surface area (Å²) >= 11 is 0. The van der Waals surface area contributed by atoms with Crippen LogP contribution in [0, 0.1) is 12.8 Å². The summed E-state index contributed by atoms with van der Waals surface area (Å²) in [6.45, 7) is 8.22. The average molecular weight is 355 g/mol. The van der Waals surface area contributed by atoms with Gasteiger partial charge in [-0.25, -0.2) is 23.2 Å². The predicted octanol–water partition coefficient (Wildman–Crippen LogP) is 2.21. The highest BCUT2D eigenvalue weighted by molar-refractivity contribution is 7.91. The number of piperidine rings is 1. The first-order valence-corrected chi connectivity index (χ1v) is 9.72. The molecule has 7 nitrogen and oxygen atoms in total. The molecule has 134 valence electrons. The van der Waals surface area contributed by atoms with Crippen molar-refractivity contribution in [2.45, 2.75) is 51.3 Å². The molecule has 0 saturated carbocycles. The van der Waals surface area contributed by atoms with Gasteiger partial charge in [0.05, 0.1) is 5.75 Å². The molecule has 1 aromatic rings. The summed E-state index contributed by atoms with van der Waals surface area (Å²) in [5.74, 6) is 0.0105. The van der Waals surface area contributed by atoms with Gasteiger partial charge in [-0.15, -0.1) is 0 Å². The number of rotatable bonds is 3. The molecule has 2 rings (SSSR count). The molecule has 1 aromatic heterocycles. The second kappa shape index (κ2) is 7.04. The second-order valence-electron chi connectivity index (χ2n) is 7.17. The Bertz CT molecular complexity index is 690. The van der Waals surface area contributed by atoms with Crippen molar-refractivity contribution in [2.75, 3.05) is 18.8 Å². The minimum atomic E-state index is -3.51. The third-order valence-electron chi connectivity index (χ3n) is 3.77. The molecule has 0 radical (unpaired) electrons. The van der Waals surface area contributed by atoms with Crippen LogP contribution in [-0.2, 0) is 14.6 Å². The van der Waals surface area contributed by atoms with Crippen LogP contribution in [0.5, 0.6) is 0 Å². The lowest BCUT2D eigenvalue weighted by molar-refractivity contribution is 0.0191.